The first-order chi connectivity index (χ1) is 21.2. The molecule has 1 amide bonds. The zero-order valence-corrected chi connectivity index (χ0v) is 27.3. The van der Waals surface area contributed by atoms with Gasteiger partial charge in [0.2, 0.25) is 0 Å². The molecule has 0 spiro atoms. The standard InChI is InChI=1S/C37H57N3O3/c1-4-5-6-7-8-9-10-11-12-13-14-15-16-22-29-40-33-24-20-19-23-32(33)39-36(40)25-18-17-21-28-38-37(41)31-26-27-34(42-2)35(30-31)43-3/h19-20,23-24,26-27,30H,4-18,21-22,25,28-29H2,1-3H3,(H,38,41). The lowest BCUT2D eigenvalue weighted by Crippen LogP contribution is -2.24. The number of aromatic nitrogens is 2. The van der Waals surface area contributed by atoms with E-state index in [0.29, 0.717) is 23.6 Å². The van der Waals surface area contributed by atoms with Gasteiger partial charge in [0.25, 0.3) is 5.91 Å². The average molecular weight is 592 g/mol. The summed E-state index contributed by atoms with van der Waals surface area (Å²) in [4.78, 5) is 17.5. The molecule has 238 valence electrons. The summed E-state index contributed by atoms with van der Waals surface area (Å²) in [6.45, 7) is 3.99. The third kappa shape index (κ3) is 12.2. The molecule has 43 heavy (non-hydrogen) atoms. The number of hydrogen-bond donors (Lipinski definition) is 1. The summed E-state index contributed by atoms with van der Waals surface area (Å²) in [6.07, 6.45) is 23.4. The number of ether oxygens (including phenoxy) is 2. The van der Waals surface area contributed by atoms with Gasteiger partial charge < -0.3 is 19.4 Å². The SMILES string of the molecule is CCCCCCCCCCCCCCCCn1c(CCCCCNC(=O)c2ccc(OC)c(OC)c2)nc2ccccc21. The Balaban J connectivity index is 1.30. The molecule has 0 fully saturated rings. The van der Waals surface area contributed by atoms with Crippen LogP contribution in [0.25, 0.3) is 11.0 Å². The summed E-state index contributed by atoms with van der Waals surface area (Å²) in [5.74, 6) is 2.29. The minimum Gasteiger partial charge on any atom is -0.493 e. The molecule has 0 atom stereocenters. The predicted octanol–water partition coefficient (Wildman–Crippen LogP) is 9.68. The molecule has 0 radical (unpaired) electrons. The van der Waals surface area contributed by atoms with Gasteiger partial charge >= 0.3 is 0 Å². The fourth-order valence-corrected chi connectivity index (χ4v) is 5.90. The fourth-order valence-electron chi connectivity index (χ4n) is 5.90. The lowest BCUT2D eigenvalue weighted by Gasteiger charge is -2.11. The zero-order valence-electron chi connectivity index (χ0n) is 27.3. The van der Waals surface area contributed by atoms with Gasteiger partial charge in [-0.05, 0) is 49.6 Å². The number of hydrogen-bond acceptors (Lipinski definition) is 4. The van der Waals surface area contributed by atoms with Crippen LogP contribution in [-0.2, 0) is 13.0 Å². The Labute approximate surface area is 261 Å². The molecule has 0 aliphatic rings. The first kappa shape index (κ1) is 34.5. The van der Waals surface area contributed by atoms with Gasteiger partial charge in [0.1, 0.15) is 5.82 Å². The van der Waals surface area contributed by atoms with Crippen molar-refractivity contribution in [2.24, 2.45) is 0 Å². The van der Waals surface area contributed by atoms with Crippen molar-refractivity contribution in [1.82, 2.24) is 14.9 Å². The number of amides is 1. The Kier molecular flexibility index (Phi) is 16.7. The van der Waals surface area contributed by atoms with Gasteiger partial charge in [-0.2, -0.15) is 0 Å². The van der Waals surface area contributed by atoms with Crippen LogP contribution in [0.4, 0.5) is 0 Å². The lowest BCUT2D eigenvalue weighted by atomic mass is 10.0. The smallest absolute Gasteiger partial charge is 0.251 e. The molecular formula is C37H57N3O3. The molecular weight excluding hydrogens is 534 g/mol. The van der Waals surface area contributed by atoms with Crippen LogP contribution < -0.4 is 14.8 Å². The molecule has 6 nitrogen and oxygen atoms in total. The van der Waals surface area contributed by atoms with Crippen LogP contribution in [0.15, 0.2) is 42.5 Å². The van der Waals surface area contributed by atoms with Gasteiger partial charge in [0.15, 0.2) is 11.5 Å². The number of carbonyl (C=O) groups excluding carboxylic acids is 1. The number of fused-ring (bicyclic) bond motifs is 1. The van der Waals surface area contributed by atoms with E-state index in [1.165, 1.54) is 101 Å². The number of para-hydroxylation sites is 2. The molecule has 1 aromatic heterocycles. The van der Waals surface area contributed by atoms with Crippen LogP contribution in [0.5, 0.6) is 11.5 Å². The first-order valence-electron chi connectivity index (χ1n) is 17.1. The Morgan fingerprint density at radius 2 is 1.33 bits per heavy atom. The van der Waals surface area contributed by atoms with E-state index >= 15 is 0 Å². The molecule has 0 saturated heterocycles. The number of imidazole rings is 1. The van der Waals surface area contributed by atoms with Crippen molar-refractivity contribution in [2.45, 2.75) is 129 Å². The number of carbonyl (C=O) groups is 1. The number of aryl methyl sites for hydroxylation is 2. The monoisotopic (exact) mass is 591 g/mol. The highest BCUT2D eigenvalue weighted by atomic mass is 16.5. The van der Waals surface area contributed by atoms with E-state index in [4.69, 9.17) is 14.5 Å². The van der Waals surface area contributed by atoms with Crippen LogP contribution in [0.1, 0.15) is 132 Å². The van der Waals surface area contributed by atoms with Gasteiger partial charge in [-0.15, -0.1) is 0 Å². The fraction of sp³-hybridized carbons (Fsp3) is 0.622. The summed E-state index contributed by atoms with van der Waals surface area (Å²) in [5, 5.41) is 3.03. The molecule has 0 unspecified atom stereocenters. The molecule has 0 aliphatic carbocycles. The topological polar surface area (TPSA) is 65.4 Å². The maximum absolute atomic E-state index is 12.6. The van der Waals surface area contributed by atoms with E-state index in [9.17, 15) is 4.79 Å². The van der Waals surface area contributed by atoms with Crippen LogP contribution in [-0.4, -0.2) is 36.2 Å². The van der Waals surface area contributed by atoms with E-state index in [1.54, 1.807) is 32.4 Å². The Bertz CT molecular complexity index is 1190. The largest absolute Gasteiger partial charge is 0.493 e. The second-order valence-electron chi connectivity index (χ2n) is 11.9. The van der Waals surface area contributed by atoms with E-state index in [-0.39, 0.29) is 5.91 Å². The third-order valence-electron chi connectivity index (χ3n) is 8.48. The Morgan fingerprint density at radius 1 is 0.721 bits per heavy atom. The highest BCUT2D eigenvalue weighted by Crippen LogP contribution is 2.27. The number of nitrogens with zero attached hydrogens (tertiary/aromatic N) is 2. The first-order valence-corrected chi connectivity index (χ1v) is 17.1. The number of methoxy groups -OCH3 is 2. The van der Waals surface area contributed by atoms with E-state index in [0.717, 1.165) is 37.7 Å². The van der Waals surface area contributed by atoms with E-state index < -0.39 is 0 Å². The van der Waals surface area contributed by atoms with Gasteiger partial charge in [-0.25, -0.2) is 4.98 Å². The molecule has 0 saturated carbocycles. The Morgan fingerprint density at radius 3 is 1.98 bits per heavy atom. The average Bonchev–Trinajstić information content (AvgIpc) is 3.39. The highest BCUT2D eigenvalue weighted by molar-refractivity contribution is 5.94. The number of rotatable bonds is 24. The van der Waals surface area contributed by atoms with Crippen molar-refractivity contribution in [3.05, 3.63) is 53.9 Å². The quantitative estimate of drug-likeness (QED) is 0.105. The number of benzene rings is 2. The summed E-state index contributed by atoms with van der Waals surface area (Å²) in [6, 6.07) is 13.8. The minimum atomic E-state index is -0.0871. The van der Waals surface area contributed by atoms with Crippen molar-refractivity contribution in [2.75, 3.05) is 20.8 Å². The molecule has 3 rings (SSSR count). The lowest BCUT2D eigenvalue weighted by molar-refractivity contribution is 0.0952. The molecule has 6 heteroatoms. The summed E-state index contributed by atoms with van der Waals surface area (Å²) in [7, 11) is 3.17. The predicted molar refractivity (Wildman–Crippen MR) is 179 cm³/mol. The molecule has 0 aliphatic heterocycles. The van der Waals surface area contributed by atoms with Crippen molar-refractivity contribution >= 4 is 16.9 Å². The second kappa shape index (κ2) is 20.8. The summed E-state index contributed by atoms with van der Waals surface area (Å²) >= 11 is 0. The van der Waals surface area contributed by atoms with Crippen LogP contribution in [0.3, 0.4) is 0 Å². The Hall–Kier alpha value is -3.02. The van der Waals surface area contributed by atoms with Crippen molar-refractivity contribution in [3.63, 3.8) is 0 Å². The normalized spacial score (nSPS) is 11.2. The van der Waals surface area contributed by atoms with Crippen LogP contribution in [0.2, 0.25) is 0 Å². The zero-order chi connectivity index (χ0) is 30.5. The van der Waals surface area contributed by atoms with Crippen LogP contribution >= 0.6 is 0 Å². The summed E-state index contributed by atoms with van der Waals surface area (Å²) < 4.78 is 13.0. The highest BCUT2D eigenvalue weighted by Gasteiger charge is 2.12. The van der Waals surface area contributed by atoms with Gasteiger partial charge in [-0.1, -0.05) is 109 Å². The second-order valence-corrected chi connectivity index (χ2v) is 11.9. The maximum atomic E-state index is 12.6. The molecule has 3 aromatic rings. The van der Waals surface area contributed by atoms with Gasteiger partial charge in [-0.3, -0.25) is 4.79 Å². The molecule has 1 N–H and O–H groups in total. The van der Waals surface area contributed by atoms with E-state index in [1.807, 2.05) is 0 Å². The molecule has 0 bridgehead atoms. The number of unbranched alkanes of at least 4 members (excludes halogenated alkanes) is 15. The third-order valence-corrected chi connectivity index (χ3v) is 8.48. The molecule has 2 aromatic carbocycles. The van der Waals surface area contributed by atoms with Crippen molar-refractivity contribution in [3.8, 4) is 11.5 Å². The summed E-state index contributed by atoms with van der Waals surface area (Å²) in [5.41, 5.74) is 2.94. The minimum absolute atomic E-state index is 0.0871. The number of nitrogens with one attached hydrogen (secondary N) is 1. The molecule has 1 heterocycles. The van der Waals surface area contributed by atoms with Crippen molar-refractivity contribution in [1.29, 1.82) is 0 Å². The van der Waals surface area contributed by atoms with Gasteiger partial charge in [0.05, 0.1) is 25.3 Å². The van der Waals surface area contributed by atoms with Crippen LogP contribution in [0, 0.1) is 0 Å². The van der Waals surface area contributed by atoms with Gasteiger partial charge in [0, 0.05) is 25.1 Å². The van der Waals surface area contributed by atoms with Crippen molar-refractivity contribution < 1.29 is 14.3 Å². The maximum Gasteiger partial charge on any atom is 0.251 e. The van der Waals surface area contributed by atoms with E-state index in [2.05, 4.69) is 41.1 Å².